The van der Waals surface area contributed by atoms with Gasteiger partial charge in [-0.15, -0.1) is 0 Å². The summed E-state index contributed by atoms with van der Waals surface area (Å²) < 4.78 is 0. The highest BCUT2D eigenvalue weighted by atomic mass is 16.2. The van der Waals surface area contributed by atoms with E-state index in [0.29, 0.717) is 19.3 Å². The Kier molecular flexibility index (Phi) is 5.93. The molecule has 134 valence electrons. The van der Waals surface area contributed by atoms with Crippen LogP contribution in [0.15, 0.2) is 11.6 Å². The van der Waals surface area contributed by atoms with Gasteiger partial charge < -0.3 is 14.7 Å². The molecule has 2 amide bonds. The van der Waals surface area contributed by atoms with Crippen molar-refractivity contribution in [3.05, 3.63) is 11.6 Å². The fourth-order valence-corrected chi connectivity index (χ4v) is 4.11. The van der Waals surface area contributed by atoms with Crippen molar-refractivity contribution in [2.45, 2.75) is 44.9 Å². The van der Waals surface area contributed by atoms with Gasteiger partial charge in [-0.3, -0.25) is 9.59 Å². The number of allylic oxidation sites excluding steroid dienone is 1. The Labute approximate surface area is 145 Å². The molecule has 1 atom stereocenters. The van der Waals surface area contributed by atoms with Gasteiger partial charge in [-0.25, -0.2) is 0 Å². The van der Waals surface area contributed by atoms with Crippen LogP contribution in [0.3, 0.4) is 0 Å². The minimum absolute atomic E-state index is 0.213. The van der Waals surface area contributed by atoms with E-state index in [1.807, 2.05) is 9.80 Å². The maximum Gasteiger partial charge on any atom is 0.222 e. The van der Waals surface area contributed by atoms with Gasteiger partial charge in [0.2, 0.25) is 11.8 Å². The highest BCUT2D eigenvalue weighted by molar-refractivity contribution is 5.79. The third-order valence-electron chi connectivity index (χ3n) is 5.80. The van der Waals surface area contributed by atoms with Crippen molar-refractivity contribution >= 4 is 11.8 Å². The van der Waals surface area contributed by atoms with Gasteiger partial charge in [-0.2, -0.15) is 0 Å². The van der Waals surface area contributed by atoms with Crippen LogP contribution in [0.5, 0.6) is 0 Å². The first kappa shape index (κ1) is 17.5. The molecular formula is C19H31N3O2. The average Bonchev–Trinajstić information content (AvgIpc) is 2.61. The highest BCUT2D eigenvalue weighted by Crippen LogP contribution is 2.32. The second-order valence-electron chi connectivity index (χ2n) is 7.55. The van der Waals surface area contributed by atoms with Crippen LogP contribution in [-0.2, 0) is 9.59 Å². The fraction of sp³-hybridized carbons (Fsp3) is 0.789. The minimum atomic E-state index is 0.213. The van der Waals surface area contributed by atoms with Gasteiger partial charge in [-0.05, 0) is 45.1 Å². The molecule has 3 rings (SSSR count). The zero-order valence-electron chi connectivity index (χ0n) is 15.0. The molecule has 0 aromatic carbocycles. The molecule has 2 fully saturated rings. The van der Waals surface area contributed by atoms with Crippen molar-refractivity contribution in [2.75, 3.05) is 46.3 Å². The van der Waals surface area contributed by atoms with E-state index in [0.717, 1.165) is 51.6 Å². The van der Waals surface area contributed by atoms with Gasteiger partial charge in [0.1, 0.15) is 0 Å². The lowest BCUT2D eigenvalue weighted by Crippen LogP contribution is -2.47. The van der Waals surface area contributed by atoms with Crippen LogP contribution in [0.1, 0.15) is 44.9 Å². The molecule has 0 bridgehead atoms. The molecule has 0 aromatic heterocycles. The Morgan fingerprint density at radius 1 is 1.00 bits per heavy atom. The fourth-order valence-electron chi connectivity index (χ4n) is 4.11. The first-order chi connectivity index (χ1) is 11.6. The minimum Gasteiger partial charge on any atom is -0.340 e. The number of fused-ring (bicyclic) bond motifs is 1. The second kappa shape index (κ2) is 8.15. The Morgan fingerprint density at radius 3 is 2.46 bits per heavy atom. The molecule has 24 heavy (non-hydrogen) atoms. The van der Waals surface area contributed by atoms with E-state index in [4.69, 9.17) is 0 Å². The van der Waals surface area contributed by atoms with Gasteiger partial charge in [0.05, 0.1) is 0 Å². The molecular weight excluding hydrogens is 302 g/mol. The average molecular weight is 333 g/mol. The van der Waals surface area contributed by atoms with E-state index < -0.39 is 0 Å². The molecule has 2 heterocycles. The van der Waals surface area contributed by atoms with Crippen molar-refractivity contribution in [2.24, 2.45) is 5.92 Å². The lowest BCUT2D eigenvalue weighted by Gasteiger charge is -2.36. The predicted molar refractivity (Wildman–Crippen MR) is 94.5 cm³/mol. The van der Waals surface area contributed by atoms with E-state index in [1.54, 1.807) is 0 Å². The van der Waals surface area contributed by atoms with Crippen molar-refractivity contribution < 1.29 is 9.59 Å². The molecule has 5 nitrogen and oxygen atoms in total. The molecule has 1 aliphatic carbocycles. The SMILES string of the molecule is CN1CCN(C(=O)CCCC(=O)N2CCC3CCCC=C3C2)CC1. The summed E-state index contributed by atoms with van der Waals surface area (Å²) in [6.07, 6.45) is 8.95. The van der Waals surface area contributed by atoms with Gasteiger partial charge in [-0.1, -0.05) is 11.6 Å². The topological polar surface area (TPSA) is 43.9 Å². The number of piperidine rings is 1. The van der Waals surface area contributed by atoms with Crippen LogP contribution in [0, 0.1) is 5.92 Å². The van der Waals surface area contributed by atoms with Crippen molar-refractivity contribution in [3.63, 3.8) is 0 Å². The second-order valence-corrected chi connectivity index (χ2v) is 7.55. The predicted octanol–water partition coefficient (Wildman–Crippen LogP) is 1.89. The first-order valence-corrected chi connectivity index (χ1v) is 9.56. The number of likely N-dealkylation sites (tertiary alicyclic amines) is 1. The van der Waals surface area contributed by atoms with Gasteiger partial charge in [0.15, 0.2) is 0 Å². The molecule has 2 aliphatic heterocycles. The van der Waals surface area contributed by atoms with Crippen molar-refractivity contribution in [1.82, 2.24) is 14.7 Å². The number of carbonyl (C=O) groups excluding carboxylic acids is 2. The number of piperazine rings is 1. The summed E-state index contributed by atoms with van der Waals surface area (Å²) in [6, 6.07) is 0. The normalized spacial score (nSPS) is 25.2. The number of rotatable bonds is 4. The summed E-state index contributed by atoms with van der Waals surface area (Å²) in [7, 11) is 2.09. The summed E-state index contributed by atoms with van der Waals surface area (Å²) in [4.78, 5) is 30.9. The molecule has 2 saturated heterocycles. The molecule has 0 aromatic rings. The quantitative estimate of drug-likeness (QED) is 0.738. The van der Waals surface area contributed by atoms with Crippen LogP contribution >= 0.6 is 0 Å². The van der Waals surface area contributed by atoms with E-state index in [2.05, 4.69) is 18.0 Å². The number of nitrogens with zero attached hydrogens (tertiary/aromatic N) is 3. The smallest absolute Gasteiger partial charge is 0.222 e. The zero-order valence-corrected chi connectivity index (χ0v) is 15.0. The number of hydrogen-bond acceptors (Lipinski definition) is 3. The van der Waals surface area contributed by atoms with E-state index in [9.17, 15) is 9.59 Å². The Bertz CT molecular complexity index is 495. The molecule has 1 unspecified atom stereocenters. The Balaban J connectivity index is 1.38. The third-order valence-corrected chi connectivity index (χ3v) is 5.80. The summed E-state index contributed by atoms with van der Waals surface area (Å²) in [5.74, 6) is 1.16. The zero-order chi connectivity index (χ0) is 16.9. The highest BCUT2D eigenvalue weighted by Gasteiger charge is 2.27. The standard InChI is InChI=1S/C19H31N3O2/c1-20-11-13-21(14-12-20)18(23)7-4-8-19(24)22-10-9-16-5-2-3-6-17(16)15-22/h6,16H,2-5,7-15H2,1H3. The first-order valence-electron chi connectivity index (χ1n) is 9.56. The lowest BCUT2D eigenvalue weighted by atomic mass is 9.82. The molecule has 0 radical (unpaired) electrons. The lowest BCUT2D eigenvalue weighted by molar-refractivity contribution is -0.134. The van der Waals surface area contributed by atoms with Crippen LogP contribution in [0.4, 0.5) is 0 Å². The van der Waals surface area contributed by atoms with Crippen LogP contribution < -0.4 is 0 Å². The Morgan fingerprint density at radius 2 is 1.71 bits per heavy atom. The number of hydrogen-bond donors (Lipinski definition) is 0. The largest absolute Gasteiger partial charge is 0.340 e. The van der Waals surface area contributed by atoms with Crippen molar-refractivity contribution in [1.29, 1.82) is 0 Å². The van der Waals surface area contributed by atoms with Crippen molar-refractivity contribution in [3.8, 4) is 0 Å². The third kappa shape index (κ3) is 4.38. The van der Waals surface area contributed by atoms with Gasteiger partial charge >= 0.3 is 0 Å². The summed E-state index contributed by atoms with van der Waals surface area (Å²) in [5.41, 5.74) is 1.48. The van der Waals surface area contributed by atoms with Crippen LogP contribution in [-0.4, -0.2) is 72.8 Å². The van der Waals surface area contributed by atoms with Crippen LogP contribution in [0.25, 0.3) is 0 Å². The van der Waals surface area contributed by atoms with Gasteiger partial charge in [0, 0.05) is 52.1 Å². The molecule has 3 aliphatic rings. The molecule has 0 spiro atoms. The molecule has 0 N–H and O–H groups in total. The van der Waals surface area contributed by atoms with E-state index in [1.165, 1.54) is 24.8 Å². The van der Waals surface area contributed by atoms with Crippen LogP contribution in [0.2, 0.25) is 0 Å². The monoisotopic (exact) mass is 333 g/mol. The number of likely N-dealkylation sites (N-methyl/N-ethyl adjacent to an activating group) is 1. The number of amides is 2. The maximum absolute atomic E-state index is 12.4. The Hall–Kier alpha value is -1.36. The summed E-state index contributed by atoms with van der Waals surface area (Å²) in [5, 5.41) is 0. The summed E-state index contributed by atoms with van der Waals surface area (Å²) >= 11 is 0. The molecule has 0 saturated carbocycles. The van der Waals surface area contributed by atoms with E-state index in [-0.39, 0.29) is 11.8 Å². The molecule has 5 heteroatoms. The maximum atomic E-state index is 12.4. The van der Waals surface area contributed by atoms with E-state index >= 15 is 0 Å². The van der Waals surface area contributed by atoms with Gasteiger partial charge in [0.25, 0.3) is 0 Å². The summed E-state index contributed by atoms with van der Waals surface area (Å²) in [6.45, 7) is 5.28. The number of carbonyl (C=O) groups is 2.